The van der Waals surface area contributed by atoms with Crippen LogP contribution < -0.4 is 4.74 Å². The summed E-state index contributed by atoms with van der Waals surface area (Å²) in [6.45, 7) is 5.94. The van der Waals surface area contributed by atoms with Crippen molar-refractivity contribution in [3.63, 3.8) is 0 Å². The van der Waals surface area contributed by atoms with E-state index in [1.54, 1.807) is 7.11 Å². The van der Waals surface area contributed by atoms with E-state index in [-0.39, 0.29) is 0 Å². The predicted octanol–water partition coefficient (Wildman–Crippen LogP) is 4.57. The first-order valence-electron chi connectivity index (χ1n) is 6.18. The van der Waals surface area contributed by atoms with Gasteiger partial charge >= 0.3 is 0 Å². The fourth-order valence-corrected chi connectivity index (χ4v) is 2.07. The summed E-state index contributed by atoms with van der Waals surface area (Å²) >= 11 is 0. The molecule has 18 heavy (non-hydrogen) atoms. The summed E-state index contributed by atoms with van der Waals surface area (Å²) in [7, 11) is 1.70. The number of hydrogen-bond acceptors (Lipinski definition) is 1. The lowest BCUT2D eigenvalue weighted by Gasteiger charge is -2.10. The van der Waals surface area contributed by atoms with Gasteiger partial charge in [-0.25, -0.2) is 0 Å². The zero-order valence-corrected chi connectivity index (χ0v) is 10.9. The Morgan fingerprint density at radius 3 is 2.39 bits per heavy atom. The van der Waals surface area contributed by atoms with Gasteiger partial charge in [-0.15, -0.1) is 0 Å². The summed E-state index contributed by atoms with van der Waals surface area (Å²) in [5.74, 6) is 0.915. The molecule has 2 aromatic rings. The van der Waals surface area contributed by atoms with Crippen molar-refractivity contribution in [2.75, 3.05) is 7.11 Å². The van der Waals surface area contributed by atoms with Crippen molar-refractivity contribution in [2.45, 2.75) is 13.3 Å². The highest BCUT2D eigenvalue weighted by Crippen LogP contribution is 2.28. The van der Waals surface area contributed by atoms with Crippen molar-refractivity contribution in [3.05, 3.63) is 60.2 Å². The molecular weight excluding hydrogens is 220 g/mol. The van der Waals surface area contributed by atoms with Crippen LogP contribution in [0.1, 0.15) is 18.1 Å². The third kappa shape index (κ3) is 2.45. The number of methoxy groups -OCH3 is 1. The minimum absolute atomic E-state index is 0.915. The van der Waals surface area contributed by atoms with E-state index in [9.17, 15) is 0 Å². The molecule has 0 aliphatic rings. The van der Waals surface area contributed by atoms with Crippen LogP contribution in [0.5, 0.6) is 5.75 Å². The summed E-state index contributed by atoms with van der Waals surface area (Å²) < 4.78 is 5.27. The normalized spacial score (nSPS) is 10.1. The van der Waals surface area contributed by atoms with Crippen molar-refractivity contribution >= 4 is 6.08 Å². The summed E-state index contributed by atoms with van der Waals surface area (Å²) in [5.41, 5.74) is 4.96. The van der Waals surface area contributed by atoms with Crippen molar-refractivity contribution in [1.29, 1.82) is 0 Å². The quantitative estimate of drug-likeness (QED) is 0.758. The van der Waals surface area contributed by atoms with E-state index in [4.69, 9.17) is 4.74 Å². The average molecular weight is 238 g/mol. The molecule has 0 saturated carbocycles. The van der Waals surface area contributed by atoms with Crippen LogP contribution in [0.2, 0.25) is 0 Å². The molecule has 0 fully saturated rings. The largest absolute Gasteiger partial charge is 0.497 e. The van der Waals surface area contributed by atoms with Crippen molar-refractivity contribution in [3.8, 4) is 16.9 Å². The molecule has 2 aromatic carbocycles. The van der Waals surface area contributed by atoms with Gasteiger partial charge in [-0.1, -0.05) is 49.9 Å². The Bertz CT molecular complexity index is 538. The van der Waals surface area contributed by atoms with E-state index in [1.807, 2.05) is 12.1 Å². The molecular formula is C17H18O. The van der Waals surface area contributed by atoms with Crippen molar-refractivity contribution < 1.29 is 4.74 Å². The molecule has 0 atom stereocenters. The Balaban J connectivity index is 2.45. The summed E-state index contributed by atoms with van der Waals surface area (Å²) in [6, 6.07) is 14.7. The number of ether oxygens (including phenoxy) is 1. The first kappa shape index (κ1) is 12.4. The molecule has 0 radical (unpaired) electrons. The summed E-state index contributed by atoms with van der Waals surface area (Å²) in [4.78, 5) is 0. The SMILES string of the molecule is C=Cc1ccc(-c2ccc(OC)cc2CC)cc1. The highest BCUT2D eigenvalue weighted by molar-refractivity contribution is 5.69. The molecule has 0 amide bonds. The highest BCUT2D eigenvalue weighted by Gasteiger charge is 2.05. The van der Waals surface area contributed by atoms with Gasteiger partial charge in [0.2, 0.25) is 0 Å². The molecule has 0 unspecified atom stereocenters. The monoisotopic (exact) mass is 238 g/mol. The van der Waals surface area contributed by atoms with Gasteiger partial charge in [-0.3, -0.25) is 0 Å². The molecule has 0 saturated heterocycles. The molecule has 1 heteroatoms. The first-order chi connectivity index (χ1) is 8.78. The molecule has 0 aliphatic carbocycles. The lowest BCUT2D eigenvalue weighted by atomic mass is 9.97. The summed E-state index contributed by atoms with van der Waals surface area (Å²) in [6.07, 6.45) is 2.86. The maximum absolute atomic E-state index is 5.27. The highest BCUT2D eigenvalue weighted by atomic mass is 16.5. The Labute approximate surface area is 109 Å². The van der Waals surface area contributed by atoms with Gasteiger partial charge in [0, 0.05) is 0 Å². The topological polar surface area (TPSA) is 9.23 Å². The van der Waals surface area contributed by atoms with Crippen LogP contribution in [0.25, 0.3) is 17.2 Å². The van der Waals surface area contributed by atoms with Crippen LogP contribution in [0.15, 0.2) is 49.0 Å². The fourth-order valence-electron chi connectivity index (χ4n) is 2.07. The molecule has 2 rings (SSSR count). The van der Waals surface area contributed by atoms with E-state index >= 15 is 0 Å². The lowest BCUT2D eigenvalue weighted by molar-refractivity contribution is 0.414. The first-order valence-corrected chi connectivity index (χ1v) is 6.18. The van der Waals surface area contributed by atoms with Crippen LogP contribution >= 0.6 is 0 Å². The van der Waals surface area contributed by atoms with E-state index in [0.717, 1.165) is 17.7 Å². The molecule has 0 aliphatic heterocycles. The van der Waals surface area contributed by atoms with E-state index in [0.29, 0.717) is 0 Å². The zero-order valence-electron chi connectivity index (χ0n) is 10.9. The minimum Gasteiger partial charge on any atom is -0.497 e. The van der Waals surface area contributed by atoms with Crippen LogP contribution in [0, 0.1) is 0 Å². The zero-order chi connectivity index (χ0) is 13.0. The van der Waals surface area contributed by atoms with E-state index in [2.05, 4.69) is 49.9 Å². The van der Waals surface area contributed by atoms with Crippen molar-refractivity contribution in [1.82, 2.24) is 0 Å². The fraction of sp³-hybridized carbons (Fsp3) is 0.176. The lowest BCUT2D eigenvalue weighted by Crippen LogP contribution is -1.90. The van der Waals surface area contributed by atoms with Gasteiger partial charge in [0.1, 0.15) is 5.75 Å². The molecule has 0 heterocycles. The third-order valence-electron chi connectivity index (χ3n) is 3.15. The van der Waals surface area contributed by atoms with Crippen LogP contribution in [0.4, 0.5) is 0 Å². The second-order valence-electron chi connectivity index (χ2n) is 4.20. The standard InChI is InChI=1S/C17H18O/c1-4-13-6-8-15(9-7-13)17-11-10-16(18-3)12-14(17)5-2/h4,6-12H,1,5H2,2-3H3. The molecule has 0 aromatic heterocycles. The minimum atomic E-state index is 0.915. The average Bonchev–Trinajstić information content (AvgIpc) is 2.46. The summed E-state index contributed by atoms with van der Waals surface area (Å²) in [5, 5.41) is 0. The Kier molecular flexibility index (Phi) is 3.83. The Hall–Kier alpha value is -2.02. The number of rotatable bonds is 4. The van der Waals surface area contributed by atoms with Crippen LogP contribution in [0.3, 0.4) is 0 Å². The van der Waals surface area contributed by atoms with Crippen molar-refractivity contribution in [2.24, 2.45) is 0 Å². The molecule has 0 bridgehead atoms. The van der Waals surface area contributed by atoms with Gasteiger partial charge in [-0.2, -0.15) is 0 Å². The maximum Gasteiger partial charge on any atom is 0.119 e. The second kappa shape index (κ2) is 5.54. The predicted molar refractivity (Wildman–Crippen MR) is 77.9 cm³/mol. The number of hydrogen-bond donors (Lipinski definition) is 0. The maximum atomic E-state index is 5.27. The van der Waals surface area contributed by atoms with E-state index < -0.39 is 0 Å². The van der Waals surface area contributed by atoms with E-state index in [1.165, 1.54) is 16.7 Å². The van der Waals surface area contributed by atoms with Gasteiger partial charge in [0.05, 0.1) is 7.11 Å². The Morgan fingerprint density at radius 2 is 1.83 bits per heavy atom. The molecule has 92 valence electrons. The molecule has 0 N–H and O–H groups in total. The number of aryl methyl sites for hydroxylation is 1. The van der Waals surface area contributed by atoms with Gasteiger partial charge in [-0.05, 0) is 40.8 Å². The Morgan fingerprint density at radius 1 is 1.11 bits per heavy atom. The van der Waals surface area contributed by atoms with Gasteiger partial charge < -0.3 is 4.74 Å². The van der Waals surface area contributed by atoms with Crippen LogP contribution in [-0.2, 0) is 6.42 Å². The van der Waals surface area contributed by atoms with Gasteiger partial charge in [0.25, 0.3) is 0 Å². The number of benzene rings is 2. The molecule has 0 spiro atoms. The van der Waals surface area contributed by atoms with Gasteiger partial charge in [0.15, 0.2) is 0 Å². The smallest absolute Gasteiger partial charge is 0.119 e. The van der Waals surface area contributed by atoms with Crippen LogP contribution in [-0.4, -0.2) is 7.11 Å². The second-order valence-corrected chi connectivity index (χ2v) is 4.20. The third-order valence-corrected chi connectivity index (χ3v) is 3.15. The molecule has 1 nitrogen and oxygen atoms in total.